The molecular formula is C23H19N3O4. The van der Waals surface area contributed by atoms with Gasteiger partial charge in [0, 0.05) is 17.6 Å². The number of nitrogens with one attached hydrogen (secondary N) is 1. The molecule has 2 N–H and O–H groups in total. The molecule has 4 rings (SSSR count). The van der Waals surface area contributed by atoms with Gasteiger partial charge in [-0.3, -0.25) is 9.69 Å². The highest BCUT2D eigenvalue weighted by atomic mass is 16.4. The van der Waals surface area contributed by atoms with Gasteiger partial charge in [-0.05, 0) is 48.9 Å². The van der Waals surface area contributed by atoms with Crippen molar-refractivity contribution in [3.63, 3.8) is 0 Å². The maximum absolute atomic E-state index is 12.8. The summed E-state index contributed by atoms with van der Waals surface area (Å²) in [7, 11) is 0. The first-order valence-corrected chi connectivity index (χ1v) is 9.33. The number of carbonyl (C=O) groups excluding carboxylic acids is 2. The van der Waals surface area contributed by atoms with Crippen LogP contribution in [0.5, 0.6) is 0 Å². The molecule has 7 heteroatoms. The van der Waals surface area contributed by atoms with E-state index in [1.54, 1.807) is 47.2 Å². The van der Waals surface area contributed by atoms with Gasteiger partial charge in [0.15, 0.2) is 0 Å². The molecule has 0 atom stereocenters. The Morgan fingerprint density at radius 2 is 1.87 bits per heavy atom. The lowest BCUT2D eigenvalue weighted by Crippen LogP contribution is -2.30. The number of aromatic nitrogens is 1. The molecule has 0 radical (unpaired) electrons. The Labute approximate surface area is 172 Å². The second-order valence-electron chi connectivity index (χ2n) is 7.03. The Bertz CT molecular complexity index is 1190. The molecule has 0 unspecified atom stereocenters. The van der Waals surface area contributed by atoms with Gasteiger partial charge in [-0.2, -0.15) is 0 Å². The Morgan fingerprint density at radius 1 is 1.07 bits per heavy atom. The average Bonchev–Trinajstić information content (AvgIpc) is 3.28. The van der Waals surface area contributed by atoms with Crippen LogP contribution in [0.2, 0.25) is 0 Å². The first-order chi connectivity index (χ1) is 14.4. The van der Waals surface area contributed by atoms with Gasteiger partial charge in [0.2, 0.25) is 0 Å². The number of carboxylic acids is 1. The Balaban J connectivity index is 1.61. The number of aryl methyl sites for hydroxylation is 1. The van der Waals surface area contributed by atoms with Crippen LogP contribution in [0.15, 0.2) is 72.6 Å². The molecule has 0 spiro atoms. The van der Waals surface area contributed by atoms with Crippen molar-refractivity contribution < 1.29 is 19.5 Å². The molecule has 7 nitrogen and oxygen atoms in total. The van der Waals surface area contributed by atoms with Crippen molar-refractivity contribution in [3.8, 4) is 5.69 Å². The van der Waals surface area contributed by atoms with Crippen molar-refractivity contribution in [3.05, 3.63) is 94.9 Å². The third-order valence-electron chi connectivity index (χ3n) is 4.83. The van der Waals surface area contributed by atoms with Crippen LogP contribution in [0.4, 0.5) is 4.79 Å². The molecule has 3 aromatic rings. The molecule has 1 aliphatic rings. The van der Waals surface area contributed by atoms with E-state index in [1.807, 2.05) is 31.2 Å². The average molecular weight is 401 g/mol. The second kappa shape index (κ2) is 7.71. The SMILES string of the molecule is Cc1cccc(CN2C(=O)NC(=Cc3cccn3-c3cccc(C(=O)O)c3)C2=O)c1. The molecule has 0 saturated carbocycles. The fourth-order valence-electron chi connectivity index (χ4n) is 3.39. The van der Waals surface area contributed by atoms with E-state index < -0.39 is 17.9 Å². The summed E-state index contributed by atoms with van der Waals surface area (Å²) in [5.41, 5.74) is 3.53. The maximum Gasteiger partial charge on any atom is 0.335 e. The number of imide groups is 1. The number of urea groups is 1. The minimum absolute atomic E-state index is 0.161. The van der Waals surface area contributed by atoms with Crippen LogP contribution in [0, 0.1) is 6.92 Å². The summed E-state index contributed by atoms with van der Waals surface area (Å²) in [5, 5.41) is 11.8. The molecule has 0 aliphatic carbocycles. The lowest BCUT2D eigenvalue weighted by Gasteiger charge is -2.12. The van der Waals surface area contributed by atoms with E-state index in [1.165, 1.54) is 11.0 Å². The summed E-state index contributed by atoms with van der Waals surface area (Å²) in [6, 6.07) is 17.2. The van der Waals surface area contributed by atoms with Crippen LogP contribution in [0.3, 0.4) is 0 Å². The van der Waals surface area contributed by atoms with Crippen LogP contribution < -0.4 is 5.32 Å². The first-order valence-electron chi connectivity index (χ1n) is 9.33. The number of nitrogens with zero attached hydrogens (tertiary/aromatic N) is 2. The van der Waals surface area contributed by atoms with Crippen molar-refractivity contribution in [1.82, 2.24) is 14.8 Å². The molecule has 1 saturated heterocycles. The predicted octanol–water partition coefficient (Wildman–Crippen LogP) is 3.58. The number of aromatic carboxylic acids is 1. The number of carbonyl (C=O) groups is 3. The minimum Gasteiger partial charge on any atom is -0.478 e. The van der Waals surface area contributed by atoms with E-state index in [-0.39, 0.29) is 17.8 Å². The fourth-order valence-corrected chi connectivity index (χ4v) is 3.39. The van der Waals surface area contributed by atoms with E-state index in [0.29, 0.717) is 11.4 Å². The molecule has 0 bridgehead atoms. The molecule has 30 heavy (non-hydrogen) atoms. The van der Waals surface area contributed by atoms with Crippen LogP contribution in [0.1, 0.15) is 27.2 Å². The van der Waals surface area contributed by atoms with Gasteiger partial charge < -0.3 is 15.0 Å². The van der Waals surface area contributed by atoms with E-state index in [0.717, 1.165) is 11.1 Å². The molecule has 1 aromatic heterocycles. The third kappa shape index (κ3) is 3.73. The Morgan fingerprint density at radius 3 is 2.63 bits per heavy atom. The summed E-state index contributed by atoms with van der Waals surface area (Å²) in [6.45, 7) is 2.14. The molecule has 1 fully saturated rings. The standard InChI is InChI=1S/C23H19N3O4/c1-15-5-2-6-16(11-15)14-26-21(27)20(24-23(26)30)13-19-9-4-10-25(19)18-8-3-7-17(12-18)22(28)29/h2-13H,14H2,1H3,(H,24,30)(H,28,29). The predicted molar refractivity (Wildman–Crippen MR) is 111 cm³/mol. The van der Waals surface area contributed by atoms with Crippen molar-refractivity contribution in [2.45, 2.75) is 13.5 Å². The van der Waals surface area contributed by atoms with Crippen LogP contribution in [-0.4, -0.2) is 32.5 Å². The highest BCUT2D eigenvalue weighted by Crippen LogP contribution is 2.20. The van der Waals surface area contributed by atoms with Gasteiger partial charge in [0.1, 0.15) is 5.70 Å². The summed E-state index contributed by atoms with van der Waals surface area (Å²) in [6.07, 6.45) is 3.35. The van der Waals surface area contributed by atoms with Gasteiger partial charge >= 0.3 is 12.0 Å². The number of carboxylic acid groups (broad SMARTS) is 1. The van der Waals surface area contributed by atoms with Crippen molar-refractivity contribution >= 4 is 24.0 Å². The fraction of sp³-hybridized carbons (Fsp3) is 0.0870. The maximum atomic E-state index is 12.8. The number of hydrogen-bond donors (Lipinski definition) is 2. The van der Waals surface area contributed by atoms with Crippen LogP contribution >= 0.6 is 0 Å². The summed E-state index contributed by atoms with van der Waals surface area (Å²) >= 11 is 0. The molecule has 3 amide bonds. The van der Waals surface area contributed by atoms with Gasteiger partial charge in [0.05, 0.1) is 12.1 Å². The zero-order valence-electron chi connectivity index (χ0n) is 16.2. The van der Waals surface area contributed by atoms with Crippen LogP contribution in [0.25, 0.3) is 11.8 Å². The van der Waals surface area contributed by atoms with Gasteiger partial charge in [0.25, 0.3) is 5.91 Å². The summed E-state index contributed by atoms with van der Waals surface area (Å²) in [5.74, 6) is -1.43. The lowest BCUT2D eigenvalue weighted by atomic mass is 10.1. The monoisotopic (exact) mass is 401 g/mol. The Hall–Kier alpha value is -4.13. The number of benzene rings is 2. The van der Waals surface area contributed by atoms with Crippen molar-refractivity contribution in [1.29, 1.82) is 0 Å². The summed E-state index contributed by atoms with van der Waals surface area (Å²) < 4.78 is 1.75. The van der Waals surface area contributed by atoms with Crippen molar-refractivity contribution in [2.24, 2.45) is 0 Å². The highest BCUT2D eigenvalue weighted by Gasteiger charge is 2.33. The van der Waals surface area contributed by atoms with E-state index in [9.17, 15) is 19.5 Å². The van der Waals surface area contributed by atoms with Gasteiger partial charge in [-0.1, -0.05) is 35.9 Å². The molecule has 1 aliphatic heterocycles. The number of hydrogen-bond acceptors (Lipinski definition) is 3. The second-order valence-corrected chi connectivity index (χ2v) is 7.03. The van der Waals surface area contributed by atoms with Gasteiger partial charge in [-0.25, -0.2) is 9.59 Å². The van der Waals surface area contributed by atoms with E-state index in [4.69, 9.17) is 0 Å². The van der Waals surface area contributed by atoms with E-state index >= 15 is 0 Å². The number of rotatable bonds is 5. The zero-order valence-corrected chi connectivity index (χ0v) is 16.2. The normalized spacial score (nSPS) is 15.0. The minimum atomic E-state index is -1.02. The molecule has 150 valence electrons. The highest BCUT2D eigenvalue weighted by molar-refractivity contribution is 6.13. The lowest BCUT2D eigenvalue weighted by molar-refractivity contribution is -0.123. The quantitative estimate of drug-likeness (QED) is 0.505. The van der Waals surface area contributed by atoms with Crippen LogP contribution in [-0.2, 0) is 11.3 Å². The van der Waals surface area contributed by atoms with Crippen molar-refractivity contribution in [2.75, 3.05) is 0 Å². The Kier molecular flexibility index (Phi) is 4.93. The number of amides is 3. The third-order valence-corrected chi connectivity index (χ3v) is 4.83. The summed E-state index contributed by atoms with van der Waals surface area (Å²) in [4.78, 5) is 37.6. The van der Waals surface area contributed by atoms with Gasteiger partial charge in [-0.15, -0.1) is 0 Å². The van der Waals surface area contributed by atoms with E-state index in [2.05, 4.69) is 5.32 Å². The molecule has 2 heterocycles. The largest absolute Gasteiger partial charge is 0.478 e. The topological polar surface area (TPSA) is 91.6 Å². The zero-order chi connectivity index (χ0) is 21.3. The smallest absolute Gasteiger partial charge is 0.335 e. The first kappa shape index (κ1) is 19.2. The molecule has 2 aromatic carbocycles. The molecular weight excluding hydrogens is 382 g/mol.